The van der Waals surface area contributed by atoms with Crippen LogP contribution < -0.4 is 4.74 Å². The molecule has 0 spiro atoms. The first-order valence-electron chi connectivity index (χ1n) is 11.0. The summed E-state index contributed by atoms with van der Waals surface area (Å²) >= 11 is 1.72. The number of ether oxygens (including phenoxy) is 1. The van der Waals surface area contributed by atoms with E-state index in [0.717, 1.165) is 29.1 Å². The van der Waals surface area contributed by atoms with Gasteiger partial charge in [-0.1, -0.05) is 24.3 Å². The molecule has 2 heterocycles. The van der Waals surface area contributed by atoms with Gasteiger partial charge in [-0.25, -0.2) is 9.59 Å². The number of thioether (sulfide) groups is 1. The Morgan fingerprint density at radius 2 is 1.78 bits per heavy atom. The van der Waals surface area contributed by atoms with Gasteiger partial charge in [0.2, 0.25) is 11.8 Å². The largest absolute Gasteiger partial charge is 0.493 e. The van der Waals surface area contributed by atoms with Gasteiger partial charge in [0.05, 0.1) is 12.4 Å². The van der Waals surface area contributed by atoms with Crippen LogP contribution in [0, 0.1) is 0 Å². The molecule has 0 atom stereocenters. The maximum atomic E-state index is 9.10. The van der Waals surface area contributed by atoms with E-state index in [1.807, 2.05) is 36.4 Å². The van der Waals surface area contributed by atoms with Crippen molar-refractivity contribution < 1.29 is 29.0 Å². The Labute approximate surface area is 212 Å². The SMILES string of the molecule is CN(C)Cc1cc2ccc(-c3nnc(CSCCOc4ccccc4)o3)cc2n1C.O=C(O)C(=O)O. The lowest BCUT2D eigenvalue weighted by Gasteiger charge is -2.10. The Balaban J connectivity index is 0.000000538. The number of aryl methyl sites for hydroxylation is 1. The van der Waals surface area contributed by atoms with Crippen LogP contribution in [0.5, 0.6) is 5.75 Å². The number of aromatic nitrogens is 3. The van der Waals surface area contributed by atoms with Crippen LogP contribution >= 0.6 is 11.8 Å². The molecule has 0 fully saturated rings. The molecule has 0 saturated carbocycles. The van der Waals surface area contributed by atoms with Gasteiger partial charge in [-0.15, -0.1) is 22.0 Å². The summed E-state index contributed by atoms with van der Waals surface area (Å²) in [5.41, 5.74) is 3.38. The van der Waals surface area contributed by atoms with Crippen LogP contribution in [-0.4, -0.2) is 68.3 Å². The molecule has 10 nitrogen and oxygen atoms in total. The summed E-state index contributed by atoms with van der Waals surface area (Å²) in [5, 5.41) is 24.4. The normalized spacial score (nSPS) is 10.8. The zero-order valence-electron chi connectivity index (χ0n) is 20.2. The maximum Gasteiger partial charge on any atom is 0.414 e. The van der Waals surface area contributed by atoms with Gasteiger partial charge in [0.25, 0.3) is 0 Å². The van der Waals surface area contributed by atoms with Gasteiger partial charge in [0.1, 0.15) is 5.75 Å². The summed E-state index contributed by atoms with van der Waals surface area (Å²) in [4.78, 5) is 20.4. The molecular formula is C25H28N4O6S. The van der Waals surface area contributed by atoms with Crippen LogP contribution in [0.15, 0.2) is 59.0 Å². The second-order valence-electron chi connectivity index (χ2n) is 8.03. The first-order chi connectivity index (χ1) is 17.2. The average molecular weight is 513 g/mol. The number of carboxylic acids is 2. The number of nitrogens with zero attached hydrogens (tertiary/aromatic N) is 4. The van der Waals surface area contributed by atoms with Crippen molar-refractivity contribution in [3.05, 3.63) is 66.2 Å². The van der Waals surface area contributed by atoms with Gasteiger partial charge in [0.15, 0.2) is 0 Å². The summed E-state index contributed by atoms with van der Waals surface area (Å²) in [6.07, 6.45) is 0. The highest BCUT2D eigenvalue weighted by molar-refractivity contribution is 7.98. The molecule has 190 valence electrons. The molecule has 0 aliphatic heterocycles. The van der Waals surface area contributed by atoms with E-state index in [1.165, 1.54) is 11.1 Å². The van der Waals surface area contributed by atoms with E-state index in [-0.39, 0.29) is 0 Å². The van der Waals surface area contributed by atoms with E-state index in [0.29, 0.717) is 24.1 Å². The topological polar surface area (TPSA) is 131 Å². The van der Waals surface area contributed by atoms with Crippen molar-refractivity contribution in [2.45, 2.75) is 12.3 Å². The monoisotopic (exact) mass is 512 g/mol. The van der Waals surface area contributed by atoms with E-state index in [1.54, 1.807) is 11.8 Å². The fraction of sp³-hybridized carbons (Fsp3) is 0.280. The van der Waals surface area contributed by atoms with E-state index < -0.39 is 11.9 Å². The molecule has 2 aromatic heterocycles. The van der Waals surface area contributed by atoms with Gasteiger partial charge < -0.3 is 28.8 Å². The van der Waals surface area contributed by atoms with E-state index in [4.69, 9.17) is 29.0 Å². The number of carboxylic acid groups (broad SMARTS) is 2. The molecule has 36 heavy (non-hydrogen) atoms. The third kappa shape index (κ3) is 7.59. The van der Waals surface area contributed by atoms with E-state index in [2.05, 4.69) is 59.0 Å². The number of fused-ring (bicyclic) bond motifs is 1. The Morgan fingerprint density at radius 1 is 1.06 bits per heavy atom. The summed E-state index contributed by atoms with van der Waals surface area (Å²) in [5.74, 6) is -0.0347. The smallest absolute Gasteiger partial charge is 0.414 e. The molecule has 0 radical (unpaired) electrons. The third-order valence-electron chi connectivity index (χ3n) is 4.98. The van der Waals surface area contributed by atoms with E-state index in [9.17, 15) is 0 Å². The van der Waals surface area contributed by atoms with Gasteiger partial charge in [-0.3, -0.25) is 0 Å². The molecular weight excluding hydrogens is 484 g/mol. The summed E-state index contributed by atoms with van der Waals surface area (Å²) in [6, 6.07) is 18.3. The number of benzene rings is 2. The van der Waals surface area contributed by atoms with Crippen molar-refractivity contribution in [1.29, 1.82) is 0 Å². The fourth-order valence-corrected chi connectivity index (χ4v) is 3.96. The van der Waals surface area contributed by atoms with Crippen molar-refractivity contribution in [2.24, 2.45) is 7.05 Å². The van der Waals surface area contributed by atoms with Crippen molar-refractivity contribution in [1.82, 2.24) is 19.7 Å². The van der Waals surface area contributed by atoms with Gasteiger partial charge in [-0.2, -0.15) is 0 Å². The fourth-order valence-electron chi connectivity index (χ4n) is 3.32. The van der Waals surface area contributed by atoms with Crippen LogP contribution in [0.25, 0.3) is 22.4 Å². The quantitative estimate of drug-likeness (QED) is 0.252. The Bertz CT molecular complexity index is 1290. The molecule has 2 aromatic carbocycles. The second kappa shape index (κ2) is 12.8. The molecule has 4 rings (SSSR count). The first kappa shape index (κ1) is 26.8. The Hall–Kier alpha value is -3.83. The van der Waals surface area contributed by atoms with Crippen LogP contribution in [0.1, 0.15) is 11.6 Å². The first-order valence-corrected chi connectivity index (χ1v) is 12.2. The molecule has 2 N–H and O–H groups in total. The lowest BCUT2D eigenvalue weighted by molar-refractivity contribution is -0.159. The van der Waals surface area contributed by atoms with Crippen molar-refractivity contribution in [3.8, 4) is 17.2 Å². The van der Waals surface area contributed by atoms with Crippen LogP contribution in [0.3, 0.4) is 0 Å². The van der Waals surface area contributed by atoms with Crippen LogP contribution in [0.4, 0.5) is 0 Å². The van der Waals surface area contributed by atoms with Crippen LogP contribution in [0.2, 0.25) is 0 Å². The Morgan fingerprint density at radius 3 is 2.44 bits per heavy atom. The Kier molecular flexibility index (Phi) is 9.48. The standard InChI is InChI=1S/C23H26N4O2S.C2H2O4/c1-26(2)15-19-13-17-9-10-18(14-21(17)27(19)3)23-25-24-22(29-23)16-30-12-11-28-20-7-5-4-6-8-20;3-1(4)2(5)6/h4-10,13-14H,11-12,15-16H2,1-3H3;(H,3,4)(H,5,6). The van der Waals surface area contributed by atoms with Gasteiger partial charge in [-0.05, 0) is 49.8 Å². The second-order valence-corrected chi connectivity index (χ2v) is 9.14. The molecule has 4 aromatic rings. The maximum absolute atomic E-state index is 9.10. The number of carbonyl (C=O) groups is 2. The van der Waals surface area contributed by atoms with Crippen molar-refractivity contribution in [2.75, 3.05) is 26.5 Å². The van der Waals surface area contributed by atoms with Crippen molar-refractivity contribution in [3.63, 3.8) is 0 Å². The average Bonchev–Trinajstić information content (AvgIpc) is 3.44. The predicted molar refractivity (Wildman–Crippen MR) is 137 cm³/mol. The third-order valence-corrected chi connectivity index (χ3v) is 5.89. The number of aliphatic carboxylic acids is 2. The minimum Gasteiger partial charge on any atom is -0.493 e. The van der Waals surface area contributed by atoms with Gasteiger partial charge in [0, 0.05) is 36.1 Å². The minimum atomic E-state index is -1.82. The zero-order valence-corrected chi connectivity index (χ0v) is 21.1. The molecule has 0 aliphatic rings. The highest BCUT2D eigenvalue weighted by Crippen LogP contribution is 2.27. The number of rotatable bonds is 9. The minimum absolute atomic E-state index is 0.559. The number of hydrogen-bond donors (Lipinski definition) is 2. The van der Waals surface area contributed by atoms with Crippen molar-refractivity contribution >= 4 is 34.6 Å². The summed E-state index contributed by atoms with van der Waals surface area (Å²) in [6.45, 7) is 1.55. The molecule has 0 amide bonds. The summed E-state index contributed by atoms with van der Waals surface area (Å²) < 4.78 is 13.8. The van der Waals surface area contributed by atoms with Gasteiger partial charge >= 0.3 is 11.9 Å². The van der Waals surface area contributed by atoms with E-state index >= 15 is 0 Å². The molecule has 0 aliphatic carbocycles. The molecule has 11 heteroatoms. The highest BCUT2D eigenvalue weighted by atomic mass is 32.2. The van der Waals surface area contributed by atoms with Crippen LogP contribution in [-0.2, 0) is 28.9 Å². The number of para-hydroxylation sites is 1. The predicted octanol–water partition coefficient (Wildman–Crippen LogP) is 3.76. The molecule has 0 unspecified atom stereocenters. The number of hydrogen-bond acceptors (Lipinski definition) is 8. The zero-order chi connectivity index (χ0) is 26.1. The highest BCUT2D eigenvalue weighted by Gasteiger charge is 2.12. The lowest BCUT2D eigenvalue weighted by atomic mass is 10.1. The molecule has 0 saturated heterocycles. The summed E-state index contributed by atoms with van der Waals surface area (Å²) in [7, 11) is 6.25. The molecule has 0 bridgehead atoms. The lowest BCUT2D eigenvalue weighted by Crippen LogP contribution is -2.13.